The second kappa shape index (κ2) is 10.8. The number of rotatable bonds is 8. The maximum absolute atomic E-state index is 12.9. The molecule has 1 N–H and O–H groups in total. The highest BCUT2D eigenvalue weighted by molar-refractivity contribution is 6.09. The second-order valence-electron chi connectivity index (χ2n) is 9.53. The molecule has 0 radical (unpaired) electrons. The maximum Gasteiger partial charge on any atom is 0.336 e. The Kier molecular flexibility index (Phi) is 7.21. The van der Waals surface area contributed by atoms with Gasteiger partial charge >= 0.3 is 11.6 Å². The first-order valence-electron chi connectivity index (χ1n) is 12.7. The zero-order valence-electron chi connectivity index (χ0n) is 22.5. The molecule has 3 aromatic carbocycles. The van der Waals surface area contributed by atoms with Crippen molar-refractivity contribution in [1.82, 2.24) is 0 Å². The number of benzene rings is 3. The van der Waals surface area contributed by atoms with Crippen LogP contribution < -0.4 is 24.6 Å². The molecule has 1 aliphatic rings. The predicted molar refractivity (Wildman–Crippen MR) is 146 cm³/mol. The van der Waals surface area contributed by atoms with Gasteiger partial charge in [0.15, 0.2) is 23.0 Å². The topological polar surface area (TPSA) is 122 Å². The summed E-state index contributed by atoms with van der Waals surface area (Å²) in [7, 11) is 3.12. The van der Waals surface area contributed by atoms with Crippen LogP contribution in [0.2, 0.25) is 0 Å². The summed E-state index contributed by atoms with van der Waals surface area (Å²) >= 11 is 0. The van der Waals surface area contributed by atoms with Gasteiger partial charge in [-0.3, -0.25) is 9.59 Å². The van der Waals surface area contributed by atoms with Gasteiger partial charge in [0.1, 0.15) is 22.6 Å². The van der Waals surface area contributed by atoms with Crippen LogP contribution in [0.1, 0.15) is 51.9 Å². The number of aryl methyl sites for hydroxylation is 1. The lowest BCUT2D eigenvalue weighted by atomic mass is 9.82. The van der Waals surface area contributed by atoms with Crippen LogP contribution >= 0.6 is 0 Å². The van der Waals surface area contributed by atoms with Crippen molar-refractivity contribution < 1.29 is 38.1 Å². The van der Waals surface area contributed by atoms with Crippen molar-refractivity contribution in [3.63, 3.8) is 0 Å². The number of phenols is 1. The van der Waals surface area contributed by atoms with Gasteiger partial charge in [-0.2, -0.15) is 0 Å². The van der Waals surface area contributed by atoms with E-state index in [9.17, 15) is 19.5 Å². The number of fused-ring (bicyclic) bond motifs is 3. The van der Waals surface area contributed by atoms with E-state index in [0.29, 0.717) is 41.2 Å². The number of phenolic OH excluding ortho intramolecular Hbond substituents is 1. The van der Waals surface area contributed by atoms with Crippen LogP contribution in [0.4, 0.5) is 0 Å². The van der Waals surface area contributed by atoms with E-state index in [4.69, 9.17) is 23.4 Å². The Balaban J connectivity index is 1.66. The standard InChI is InChI=1S/C31H28O9/c1-16-14-23(33)39-30-25(16)28(35)26(17(2)32)31-27(30)21(15-24(34)40-31)20-6-5-7-22(37-4)29(20)38-13-12-18-8-10-19(36-3)11-9-18/h5-11,14,21,35H,12-13,15H2,1-4H3/t21-/m0/s1. The van der Waals surface area contributed by atoms with Gasteiger partial charge < -0.3 is 28.5 Å². The molecule has 0 saturated carbocycles. The molecule has 9 nitrogen and oxygen atoms in total. The largest absolute Gasteiger partial charge is 0.506 e. The first-order valence-corrected chi connectivity index (χ1v) is 12.7. The first-order chi connectivity index (χ1) is 19.2. The van der Waals surface area contributed by atoms with Crippen molar-refractivity contribution in [2.45, 2.75) is 32.6 Å². The van der Waals surface area contributed by atoms with Crippen LogP contribution in [0.3, 0.4) is 0 Å². The summed E-state index contributed by atoms with van der Waals surface area (Å²) in [4.78, 5) is 38.0. The summed E-state index contributed by atoms with van der Waals surface area (Å²) < 4.78 is 28.2. The van der Waals surface area contributed by atoms with Gasteiger partial charge in [-0.25, -0.2) is 4.79 Å². The maximum atomic E-state index is 12.9. The molecule has 2 heterocycles. The fourth-order valence-corrected chi connectivity index (χ4v) is 5.19. The molecule has 1 aromatic heterocycles. The van der Waals surface area contributed by atoms with Crippen LogP contribution in [-0.2, 0) is 11.2 Å². The van der Waals surface area contributed by atoms with E-state index in [0.717, 1.165) is 11.3 Å². The molecule has 0 spiro atoms. The predicted octanol–water partition coefficient (Wildman–Crippen LogP) is 5.09. The van der Waals surface area contributed by atoms with Crippen LogP contribution in [0.15, 0.2) is 57.7 Å². The minimum atomic E-state index is -0.728. The number of Topliss-reactive ketones (excluding diaryl/α,β-unsaturated/α-hetero) is 1. The zero-order chi connectivity index (χ0) is 28.6. The van der Waals surface area contributed by atoms with E-state index in [2.05, 4.69) is 0 Å². The lowest BCUT2D eigenvalue weighted by molar-refractivity contribution is -0.135. The van der Waals surface area contributed by atoms with Crippen molar-refractivity contribution in [1.29, 1.82) is 0 Å². The Morgan fingerprint density at radius 3 is 2.50 bits per heavy atom. The van der Waals surface area contributed by atoms with Crippen molar-refractivity contribution in [3.8, 4) is 28.7 Å². The van der Waals surface area contributed by atoms with Gasteiger partial charge in [0.05, 0.1) is 32.6 Å². The van der Waals surface area contributed by atoms with E-state index < -0.39 is 29.0 Å². The molecule has 0 saturated heterocycles. The SMILES string of the molecule is COc1ccc(CCOc2c(OC)cccc2[C@@H]2CC(=O)Oc3c(C(C)=O)c(O)c4c(C)cc(=O)oc4c32)cc1. The highest BCUT2D eigenvalue weighted by Crippen LogP contribution is 2.51. The molecule has 1 atom stereocenters. The number of para-hydroxylation sites is 1. The molecule has 4 aromatic rings. The average molecular weight is 545 g/mol. The molecule has 0 amide bonds. The minimum absolute atomic E-state index is 0.0482. The van der Waals surface area contributed by atoms with Crippen LogP contribution in [0, 0.1) is 6.92 Å². The number of carbonyl (C=O) groups is 2. The zero-order valence-corrected chi connectivity index (χ0v) is 22.5. The minimum Gasteiger partial charge on any atom is -0.506 e. The monoisotopic (exact) mass is 544 g/mol. The van der Waals surface area contributed by atoms with E-state index >= 15 is 0 Å². The van der Waals surface area contributed by atoms with E-state index in [-0.39, 0.29) is 28.7 Å². The number of methoxy groups -OCH3 is 2. The number of hydrogen-bond donors (Lipinski definition) is 1. The average Bonchev–Trinajstić information content (AvgIpc) is 2.92. The van der Waals surface area contributed by atoms with Gasteiger partial charge in [-0.1, -0.05) is 24.3 Å². The third-order valence-corrected chi connectivity index (χ3v) is 7.04. The quantitative estimate of drug-likeness (QED) is 0.140. The highest BCUT2D eigenvalue weighted by Gasteiger charge is 2.38. The molecule has 0 unspecified atom stereocenters. The van der Waals surface area contributed by atoms with Gasteiger partial charge in [0, 0.05) is 29.5 Å². The second-order valence-corrected chi connectivity index (χ2v) is 9.53. The summed E-state index contributed by atoms with van der Waals surface area (Å²) in [6.07, 6.45) is 0.466. The third-order valence-electron chi connectivity index (χ3n) is 7.04. The molecular weight excluding hydrogens is 516 g/mol. The first kappa shape index (κ1) is 26.8. The van der Waals surface area contributed by atoms with Crippen molar-refractivity contribution in [2.75, 3.05) is 20.8 Å². The molecule has 0 bridgehead atoms. The number of esters is 1. The normalized spacial score (nSPS) is 14.4. The van der Waals surface area contributed by atoms with Gasteiger partial charge in [0.2, 0.25) is 0 Å². The molecule has 1 aliphatic heterocycles. The lowest BCUT2D eigenvalue weighted by Crippen LogP contribution is -2.24. The number of ketones is 1. The Hall–Kier alpha value is -4.79. The van der Waals surface area contributed by atoms with Crippen molar-refractivity contribution in [2.24, 2.45) is 0 Å². The Morgan fingerprint density at radius 1 is 1.07 bits per heavy atom. The van der Waals surface area contributed by atoms with Crippen LogP contribution in [0.5, 0.6) is 28.7 Å². The fourth-order valence-electron chi connectivity index (χ4n) is 5.19. The van der Waals surface area contributed by atoms with Crippen molar-refractivity contribution >= 4 is 22.7 Å². The molecule has 9 heteroatoms. The molecule has 5 rings (SSSR count). The molecule has 0 fully saturated rings. The van der Waals surface area contributed by atoms with E-state index in [1.165, 1.54) is 20.1 Å². The van der Waals surface area contributed by atoms with Crippen LogP contribution in [0.25, 0.3) is 11.0 Å². The Morgan fingerprint density at radius 2 is 1.82 bits per heavy atom. The summed E-state index contributed by atoms with van der Waals surface area (Å²) in [5, 5.41) is 11.3. The van der Waals surface area contributed by atoms with E-state index in [1.54, 1.807) is 32.2 Å². The highest BCUT2D eigenvalue weighted by atomic mass is 16.5. The van der Waals surface area contributed by atoms with Crippen LogP contribution in [-0.4, -0.2) is 37.7 Å². The Bertz CT molecular complexity index is 1680. The number of carbonyl (C=O) groups excluding carboxylic acids is 2. The summed E-state index contributed by atoms with van der Waals surface area (Å²) in [5.74, 6) is -0.766. The summed E-state index contributed by atoms with van der Waals surface area (Å²) in [6.45, 7) is 3.21. The van der Waals surface area contributed by atoms with Gasteiger partial charge in [-0.15, -0.1) is 0 Å². The van der Waals surface area contributed by atoms with Gasteiger partial charge in [0.25, 0.3) is 0 Å². The molecule has 40 heavy (non-hydrogen) atoms. The van der Waals surface area contributed by atoms with Crippen molar-refractivity contribution in [3.05, 3.63) is 86.8 Å². The smallest absolute Gasteiger partial charge is 0.336 e. The lowest BCUT2D eigenvalue weighted by Gasteiger charge is -2.29. The molecule has 0 aliphatic carbocycles. The van der Waals surface area contributed by atoms with Gasteiger partial charge in [-0.05, 0) is 43.2 Å². The molecule has 206 valence electrons. The molecular formula is C31H28O9. The summed E-state index contributed by atoms with van der Waals surface area (Å²) in [6, 6.07) is 14.2. The Labute approximate surface area is 229 Å². The number of ether oxygens (including phenoxy) is 4. The van der Waals surface area contributed by atoms with E-state index in [1.807, 2.05) is 24.3 Å². The third kappa shape index (κ3) is 4.75. The summed E-state index contributed by atoms with van der Waals surface area (Å²) in [5.41, 5.74) is 1.61. The fraction of sp³-hybridized carbons (Fsp3) is 0.258. The number of hydrogen-bond acceptors (Lipinski definition) is 9. The number of aromatic hydroxyl groups is 1.